The number of amides is 1. The molecule has 0 unspecified atom stereocenters. The standard InChI is InChI=1S/C20H20N2O4/c1-24-17-10-6-9-15(18(17)25-2)20-22-16(13-26-20)19(23)21-12-11-14-7-4-3-5-8-14/h3-10,13H,11-12H2,1-2H3,(H,21,23). The summed E-state index contributed by atoms with van der Waals surface area (Å²) in [6.45, 7) is 0.521. The Morgan fingerprint density at radius 1 is 1.08 bits per heavy atom. The number of carbonyl (C=O) groups excluding carboxylic acids is 1. The molecule has 1 N–H and O–H groups in total. The first-order valence-corrected chi connectivity index (χ1v) is 8.22. The van der Waals surface area contributed by atoms with Crippen LogP contribution in [0.5, 0.6) is 11.5 Å². The van der Waals surface area contributed by atoms with Gasteiger partial charge in [-0.2, -0.15) is 0 Å². The molecule has 0 radical (unpaired) electrons. The topological polar surface area (TPSA) is 73.6 Å². The number of hydrogen-bond acceptors (Lipinski definition) is 5. The van der Waals surface area contributed by atoms with Crippen LogP contribution in [-0.2, 0) is 6.42 Å². The lowest BCUT2D eigenvalue weighted by Crippen LogP contribution is -2.25. The number of rotatable bonds is 7. The highest BCUT2D eigenvalue weighted by Gasteiger charge is 2.18. The maximum Gasteiger partial charge on any atom is 0.273 e. The summed E-state index contributed by atoms with van der Waals surface area (Å²) in [5.74, 6) is 1.09. The number of benzene rings is 2. The van der Waals surface area contributed by atoms with E-state index < -0.39 is 0 Å². The van der Waals surface area contributed by atoms with Crippen LogP contribution in [0.2, 0.25) is 0 Å². The minimum atomic E-state index is -0.280. The molecule has 1 amide bonds. The van der Waals surface area contributed by atoms with E-state index in [1.165, 1.54) is 6.26 Å². The molecule has 6 nitrogen and oxygen atoms in total. The van der Waals surface area contributed by atoms with Gasteiger partial charge in [-0.15, -0.1) is 0 Å². The minimum absolute atomic E-state index is 0.220. The largest absolute Gasteiger partial charge is 0.493 e. The molecule has 1 aromatic heterocycles. The Labute approximate surface area is 151 Å². The number of nitrogens with one attached hydrogen (secondary N) is 1. The zero-order chi connectivity index (χ0) is 18.4. The third-order valence-corrected chi connectivity index (χ3v) is 3.91. The fourth-order valence-electron chi connectivity index (χ4n) is 2.61. The van der Waals surface area contributed by atoms with Crippen LogP contribution in [-0.4, -0.2) is 31.7 Å². The van der Waals surface area contributed by atoms with Gasteiger partial charge < -0.3 is 19.2 Å². The Bertz CT molecular complexity index is 875. The first-order chi connectivity index (χ1) is 12.7. The van der Waals surface area contributed by atoms with Crippen molar-refractivity contribution < 1.29 is 18.7 Å². The first-order valence-electron chi connectivity index (χ1n) is 8.22. The predicted octanol–water partition coefficient (Wildman–Crippen LogP) is 3.33. The molecule has 2 aromatic carbocycles. The molecule has 0 aliphatic carbocycles. The van der Waals surface area contributed by atoms with E-state index in [1.807, 2.05) is 30.3 Å². The average molecular weight is 352 g/mol. The van der Waals surface area contributed by atoms with Crippen LogP contribution in [0.1, 0.15) is 16.1 Å². The number of ether oxygens (including phenoxy) is 2. The maximum absolute atomic E-state index is 12.3. The number of para-hydroxylation sites is 1. The summed E-state index contributed by atoms with van der Waals surface area (Å²) in [4.78, 5) is 16.5. The van der Waals surface area contributed by atoms with Gasteiger partial charge in [0.1, 0.15) is 6.26 Å². The molecular weight excluding hydrogens is 332 g/mol. The Kier molecular flexibility index (Phi) is 5.53. The summed E-state index contributed by atoms with van der Waals surface area (Å²) in [6, 6.07) is 15.3. The van der Waals surface area contributed by atoms with E-state index in [2.05, 4.69) is 10.3 Å². The van der Waals surface area contributed by atoms with Gasteiger partial charge in [-0.25, -0.2) is 4.98 Å². The van der Waals surface area contributed by atoms with Crippen molar-refractivity contribution in [2.75, 3.05) is 20.8 Å². The summed E-state index contributed by atoms with van der Waals surface area (Å²) in [7, 11) is 3.10. The number of aromatic nitrogens is 1. The van der Waals surface area contributed by atoms with Gasteiger partial charge in [-0.05, 0) is 24.1 Å². The number of oxazole rings is 1. The summed E-state index contributed by atoms with van der Waals surface area (Å²) in [5, 5.41) is 2.85. The van der Waals surface area contributed by atoms with Gasteiger partial charge in [0.25, 0.3) is 5.91 Å². The van der Waals surface area contributed by atoms with E-state index >= 15 is 0 Å². The lowest BCUT2D eigenvalue weighted by Gasteiger charge is -2.09. The molecule has 0 aliphatic heterocycles. The fourth-order valence-corrected chi connectivity index (χ4v) is 2.61. The van der Waals surface area contributed by atoms with Crippen molar-refractivity contribution in [3.63, 3.8) is 0 Å². The van der Waals surface area contributed by atoms with Gasteiger partial charge >= 0.3 is 0 Å². The smallest absolute Gasteiger partial charge is 0.273 e. The number of nitrogens with zero attached hydrogens (tertiary/aromatic N) is 1. The molecule has 0 aliphatic rings. The number of hydrogen-bond donors (Lipinski definition) is 1. The molecule has 0 spiro atoms. The van der Waals surface area contributed by atoms with Crippen molar-refractivity contribution in [3.8, 4) is 23.0 Å². The lowest BCUT2D eigenvalue weighted by atomic mass is 10.1. The second-order valence-electron chi connectivity index (χ2n) is 5.57. The van der Waals surface area contributed by atoms with Crippen LogP contribution >= 0.6 is 0 Å². The van der Waals surface area contributed by atoms with E-state index in [0.717, 1.165) is 12.0 Å². The highest BCUT2D eigenvalue weighted by molar-refractivity contribution is 5.92. The Hall–Kier alpha value is -3.28. The minimum Gasteiger partial charge on any atom is -0.493 e. The van der Waals surface area contributed by atoms with Gasteiger partial charge in [0.05, 0.1) is 19.8 Å². The van der Waals surface area contributed by atoms with Crippen molar-refractivity contribution in [3.05, 3.63) is 66.1 Å². The SMILES string of the molecule is COc1cccc(-c2nc(C(=O)NCCc3ccccc3)co2)c1OC. The van der Waals surface area contributed by atoms with Gasteiger partial charge in [-0.3, -0.25) is 4.79 Å². The number of methoxy groups -OCH3 is 2. The number of carbonyl (C=O) groups is 1. The molecule has 0 bridgehead atoms. The summed E-state index contributed by atoms with van der Waals surface area (Å²) < 4.78 is 16.1. The van der Waals surface area contributed by atoms with Crippen LogP contribution in [0.15, 0.2) is 59.2 Å². The summed E-state index contributed by atoms with van der Waals surface area (Å²) in [5.41, 5.74) is 2.00. The molecule has 3 rings (SSSR count). The average Bonchev–Trinajstić information content (AvgIpc) is 3.18. The molecule has 1 heterocycles. The van der Waals surface area contributed by atoms with Crippen LogP contribution < -0.4 is 14.8 Å². The lowest BCUT2D eigenvalue weighted by molar-refractivity contribution is 0.0949. The maximum atomic E-state index is 12.3. The van der Waals surface area contributed by atoms with Gasteiger partial charge in [0.2, 0.25) is 5.89 Å². The van der Waals surface area contributed by atoms with Crippen molar-refractivity contribution in [1.82, 2.24) is 10.3 Å². The highest BCUT2D eigenvalue weighted by atomic mass is 16.5. The van der Waals surface area contributed by atoms with Gasteiger partial charge in [-0.1, -0.05) is 36.4 Å². The van der Waals surface area contributed by atoms with E-state index in [9.17, 15) is 4.79 Å². The molecule has 3 aromatic rings. The molecule has 0 fully saturated rings. The van der Waals surface area contributed by atoms with Crippen molar-refractivity contribution in [2.45, 2.75) is 6.42 Å². The molecule has 0 saturated carbocycles. The highest BCUT2D eigenvalue weighted by Crippen LogP contribution is 2.37. The molecule has 0 atom stereocenters. The molecule has 6 heteroatoms. The van der Waals surface area contributed by atoms with Crippen molar-refractivity contribution in [1.29, 1.82) is 0 Å². The predicted molar refractivity (Wildman–Crippen MR) is 97.5 cm³/mol. The van der Waals surface area contributed by atoms with Crippen LogP contribution in [0.25, 0.3) is 11.5 Å². The van der Waals surface area contributed by atoms with Crippen molar-refractivity contribution >= 4 is 5.91 Å². The van der Waals surface area contributed by atoms with Gasteiger partial charge in [0, 0.05) is 6.54 Å². The molecule has 134 valence electrons. The fraction of sp³-hybridized carbons (Fsp3) is 0.200. The van der Waals surface area contributed by atoms with E-state index in [4.69, 9.17) is 13.9 Å². The third kappa shape index (κ3) is 3.85. The second-order valence-corrected chi connectivity index (χ2v) is 5.57. The Balaban J connectivity index is 1.69. The van der Waals surface area contributed by atoms with Crippen molar-refractivity contribution in [2.24, 2.45) is 0 Å². The van der Waals surface area contributed by atoms with Crippen LogP contribution in [0.4, 0.5) is 0 Å². The van der Waals surface area contributed by atoms with Crippen LogP contribution in [0.3, 0.4) is 0 Å². The normalized spacial score (nSPS) is 10.4. The zero-order valence-electron chi connectivity index (χ0n) is 14.7. The van der Waals surface area contributed by atoms with Gasteiger partial charge in [0.15, 0.2) is 17.2 Å². The summed E-state index contributed by atoms with van der Waals surface area (Å²) in [6.07, 6.45) is 2.09. The first kappa shape index (κ1) is 17.5. The van der Waals surface area contributed by atoms with E-state index in [1.54, 1.807) is 32.4 Å². The Morgan fingerprint density at radius 2 is 1.88 bits per heavy atom. The Morgan fingerprint density at radius 3 is 2.62 bits per heavy atom. The third-order valence-electron chi connectivity index (χ3n) is 3.91. The van der Waals surface area contributed by atoms with Crippen LogP contribution in [0, 0.1) is 0 Å². The molecule has 26 heavy (non-hydrogen) atoms. The van der Waals surface area contributed by atoms with E-state index in [-0.39, 0.29) is 11.6 Å². The second kappa shape index (κ2) is 8.20. The van der Waals surface area contributed by atoms with E-state index in [0.29, 0.717) is 29.5 Å². The molecular formula is C20H20N2O4. The quantitative estimate of drug-likeness (QED) is 0.706. The zero-order valence-corrected chi connectivity index (χ0v) is 14.7. The monoisotopic (exact) mass is 352 g/mol. The molecule has 0 saturated heterocycles. The summed E-state index contributed by atoms with van der Waals surface area (Å²) >= 11 is 0.